The molecule has 3 unspecified atom stereocenters. The monoisotopic (exact) mass is 438 g/mol. The van der Waals surface area contributed by atoms with E-state index >= 15 is 0 Å². The highest BCUT2D eigenvalue weighted by Crippen LogP contribution is 2.50. The van der Waals surface area contributed by atoms with Crippen LogP contribution < -0.4 is 14.8 Å². The molecular weight excluding hydrogens is 408 g/mol. The van der Waals surface area contributed by atoms with Crippen molar-refractivity contribution < 1.29 is 13.2 Å². The number of fused-ring (bicyclic) bond motifs is 3. The number of methoxy groups -OCH3 is 1. The first-order valence-electron chi connectivity index (χ1n) is 11.3. The van der Waals surface area contributed by atoms with E-state index in [0.717, 1.165) is 49.1 Å². The lowest BCUT2D eigenvalue weighted by Crippen LogP contribution is -2.36. The van der Waals surface area contributed by atoms with Crippen LogP contribution in [-0.4, -0.2) is 21.6 Å². The summed E-state index contributed by atoms with van der Waals surface area (Å²) in [4.78, 5) is 0.376. The summed E-state index contributed by atoms with van der Waals surface area (Å²) in [6.07, 6.45) is 10.7. The van der Waals surface area contributed by atoms with Gasteiger partial charge in [0.15, 0.2) is 0 Å². The maximum atomic E-state index is 13.1. The van der Waals surface area contributed by atoms with Crippen LogP contribution in [0, 0.1) is 5.92 Å². The Labute approximate surface area is 184 Å². The first-order valence-corrected chi connectivity index (χ1v) is 12.8. The first-order chi connectivity index (χ1) is 15.0. The van der Waals surface area contributed by atoms with Crippen LogP contribution in [0.25, 0.3) is 0 Å². The Hall–Kier alpha value is -2.31. The normalized spacial score (nSPS) is 25.5. The van der Waals surface area contributed by atoms with Crippen molar-refractivity contribution >= 4 is 15.7 Å². The van der Waals surface area contributed by atoms with Gasteiger partial charge in [0.2, 0.25) is 10.0 Å². The fourth-order valence-electron chi connectivity index (χ4n) is 5.39. The molecule has 1 aliphatic heterocycles. The van der Waals surface area contributed by atoms with E-state index in [-0.39, 0.29) is 18.0 Å². The van der Waals surface area contributed by atoms with Gasteiger partial charge in [-0.2, -0.15) is 0 Å². The number of allylic oxidation sites excluding steroid dienone is 2. The minimum atomic E-state index is -3.51. The van der Waals surface area contributed by atoms with E-state index in [9.17, 15) is 8.42 Å². The summed E-state index contributed by atoms with van der Waals surface area (Å²) < 4.78 is 34.4. The largest absolute Gasteiger partial charge is 0.497 e. The number of hydrogen-bond acceptors (Lipinski definition) is 4. The summed E-state index contributed by atoms with van der Waals surface area (Å²) in [5.74, 6) is 1.43. The molecular formula is C25H30N2O3S. The van der Waals surface area contributed by atoms with Crippen LogP contribution in [0.2, 0.25) is 0 Å². The summed E-state index contributed by atoms with van der Waals surface area (Å²) in [5.41, 5.74) is 3.32. The van der Waals surface area contributed by atoms with Gasteiger partial charge in [-0.15, -0.1) is 0 Å². The summed E-state index contributed by atoms with van der Waals surface area (Å²) in [6, 6.07) is 14.0. The average molecular weight is 439 g/mol. The molecule has 0 spiro atoms. The van der Waals surface area contributed by atoms with Crippen molar-refractivity contribution in [3.05, 3.63) is 65.7 Å². The molecule has 0 amide bonds. The van der Waals surface area contributed by atoms with Crippen LogP contribution in [0.3, 0.4) is 0 Å². The Morgan fingerprint density at radius 1 is 1.03 bits per heavy atom. The summed E-state index contributed by atoms with van der Waals surface area (Å²) >= 11 is 0. The summed E-state index contributed by atoms with van der Waals surface area (Å²) in [6.45, 7) is 0. The lowest BCUT2D eigenvalue weighted by atomic mass is 9.77. The highest BCUT2D eigenvalue weighted by atomic mass is 32.2. The van der Waals surface area contributed by atoms with Gasteiger partial charge in [0.25, 0.3) is 0 Å². The Bertz CT molecular complexity index is 1070. The van der Waals surface area contributed by atoms with E-state index < -0.39 is 10.0 Å². The zero-order chi connectivity index (χ0) is 21.4. The molecule has 3 aliphatic rings. The molecule has 1 fully saturated rings. The Kier molecular flexibility index (Phi) is 5.52. The fourth-order valence-corrected chi connectivity index (χ4v) is 6.73. The smallest absolute Gasteiger partial charge is 0.240 e. The third-order valence-corrected chi connectivity index (χ3v) is 8.56. The third kappa shape index (κ3) is 3.99. The molecule has 5 rings (SSSR count). The van der Waals surface area contributed by atoms with Crippen molar-refractivity contribution in [2.45, 2.75) is 61.4 Å². The number of benzene rings is 2. The molecule has 164 valence electrons. The quantitative estimate of drug-likeness (QED) is 0.635. The number of rotatable bonds is 5. The number of sulfonamides is 1. The molecule has 31 heavy (non-hydrogen) atoms. The van der Waals surface area contributed by atoms with Gasteiger partial charge in [-0.3, -0.25) is 0 Å². The van der Waals surface area contributed by atoms with Crippen molar-refractivity contribution in [3.8, 4) is 5.75 Å². The molecule has 2 aromatic rings. The van der Waals surface area contributed by atoms with Gasteiger partial charge in [-0.25, -0.2) is 13.1 Å². The maximum Gasteiger partial charge on any atom is 0.240 e. The van der Waals surface area contributed by atoms with Crippen LogP contribution >= 0.6 is 0 Å². The number of hydrogen-bond donors (Lipinski definition) is 2. The molecule has 2 aromatic carbocycles. The van der Waals surface area contributed by atoms with E-state index in [2.05, 4.69) is 34.3 Å². The van der Waals surface area contributed by atoms with Gasteiger partial charge in [0, 0.05) is 17.6 Å². The topological polar surface area (TPSA) is 67.4 Å². The number of ether oxygens (including phenoxy) is 1. The van der Waals surface area contributed by atoms with Crippen molar-refractivity contribution in [1.82, 2.24) is 4.72 Å². The zero-order valence-corrected chi connectivity index (χ0v) is 18.7. The second-order valence-corrected chi connectivity index (χ2v) is 10.7. The number of nitrogens with one attached hydrogen (secondary N) is 2. The minimum Gasteiger partial charge on any atom is -0.497 e. The molecule has 5 nitrogen and oxygen atoms in total. The SMILES string of the molecule is COc1ccc(C2Nc3ccc(S(=O)(=O)NC4CCCCC4)cc3C3C=CCC32)cc1. The molecule has 0 radical (unpaired) electrons. The molecule has 2 aliphatic carbocycles. The van der Waals surface area contributed by atoms with Crippen molar-refractivity contribution in [2.24, 2.45) is 5.92 Å². The second-order valence-electron chi connectivity index (χ2n) is 8.95. The average Bonchev–Trinajstić information content (AvgIpc) is 3.29. The van der Waals surface area contributed by atoms with Gasteiger partial charge >= 0.3 is 0 Å². The summed E-state index contributed by atoms with van der Waals surface area (Å²) in [7, 11) is -1.83. The molecule has 1 heterocycles. The Morgan fingerprint density at radius 2 is 1.81 bits per heavy atom. The standard InChI is InChI=1S/C25H30N2O3S/c1-30-19-12-10-17(11-13-19)25-22-9-5-8-21(22)23-16-20(14-15-24(23)26-25)31(28,29)27-18-6-3-2-4-7-18/h5,8,10-16,18,21-22,25-27H,2-4,6-7,9H2,1H3. The molecule has 1 saturated carbocycles. The maximum absolute atomic E-state index is 13.1. The Balaban J connectivity index is 1.43. The van der Waals surface area contributed by atoms with Crippen molar-refractivity contribution in [3.63, 3.8) is 0 Å². The first kappa shape index (κ1) is 20.6. The molecule has 3 atom stereocenters. The Morgan fingerprint density at radius 3 is 2.55 bits per heavy atom. The van der Waals surface area contributed by atoms with Gasteiger partial charge in [0.05, 0.1) is 18.0 Å². The van der Waals surface area contributed by atoms with E-state index in [0.29, 0.717) is 10.8 Å². The minimum absolute atomic E-state index is 0.0616. The van der Waals surface area contributed by atoms with E-state index in [4.69, 9.17) is 4.74 Å². The zero-order valence-electron chi connectivity index (χ0n) is 17.9. The van der Waals surface area contributed by atoms with Crippen molar-refractivity contribution in [1.29, 1.82) is 0 Å². The predicted octanol–water partition coefficient (Wildman–Crippen LogP) is 5.13. The molecule has 0 aromatic heterocycles. The summed E-state index contributed by atoms with van der Waals surface area (Å²) in [5, 5.41) is 3.69. The van der Waals surface area contributed by atoms with Crippen molar-refractivity contribution in [2.75, 3.05) is 12.4 Å². The molecule has 0 saturated heterocycles. The van der Waals surface area contributed by atoms with Gasteiger partial charge < -0.3 is 10.1 Å². The lowest BCUT2D eigenvalue weighted by molar-refractivity contribution is 0.410. The van der Waals surface area contributed by atoms with Crippen LogP contribution in [0.15, 0.2) is 59.5 Å². The van der Waals surface area contributed by atoms with Crippen LogP contribution in [0.5, 0.6) is 5.75 Å². The predicted molar refractivity (Wildman–Crippen MR) is 123 cm³/mol. The van der Waals surface area contributed by atoms with Crippen LogP contribution in [-0.2, 0) is 10.0 Å². The van der Waals surface area contributed by atoms with Gasteiger partial charge in [0.1, 0.15) is 5.75 Å². The third-order valence-electron chi connectivity index (χ3n) is 7.05. The van der Waals surface area contributed by atoms with E-state index in [1.54, 1.807) is 13.2 Å². The highest BCUT2D eigenvalue weighted by Gasteiger charge is 2.38. The second kappa shape index (κ2) is 8.32. The number of anilines is 1. The molecule has 0 bridgehead atoms. The fraction of sp³-hybridized carbons (Fsp3) is 0.440. The highest BCUT2D eigenvalue weighted by molar-refractivity contribution is 7.89. The van der Waals surface area contributed by atoms with E-state index in [1.165, 1.54) is 12.0 Å². The molecule has 6 heteroatoms. The van der Waals surface area contributed by atoms with E-state index in [1.807, 2.05) is 24.3 Å². The van der Waals surface area contributed by atoms with Gasteiger partial charge in [-0.1, -0.05) is 43.5 Å². The van der Waals surface area contributed by atoms with Gasteiger partial charge in [-0.05, 0) is 66.6 Å². The lowest BCUT2D eigenvalue weighted by Gasteiger charge is -2.37. The molecule has 2 N–H and O–H groups in total. The van der Waals surface area contributed by atoms with Crippen LogP contribution in [0.1, 0.15) is 61.6 Å². The van der Waals surface area contributed by atoms with Crippen LogP contribution in [0.4, 0.5) is 5.69 Å².